The number of hydrogen-bond donors (Lipinski definition) is 1. The van der Waals surface area contributed by atoms with Crippen LogP contribution in [0.25, 0.3) is 0 Å². The van der Waals surface area contributed by atoms with E-state index in [0.29, 0.717) is 12.0 Å². The first kappa shape index (κ1) is 9.43. The molecule has 1 aromatic heterocycles. The second-order valence-corrected chi connectivity index (χ2v) is 2.71. The molecule has 3 heteroatoms. The van der Waals surface area contributed by atoms with Crippen LogP contribution < -0.4 is 5.73 Å². The summed E-state index contributed by atoms with van der Waals surface area (Å²) >= 11 is 0. The Hall–Kier alpha value is -1.66. The molecular weight excluding hydrogens is 162 g/mol. The second kappa shape index (κ2) is 4.39. The molecule has 0 aromatic carbocycles. The van der Waals surface area contributed by atoms with Gasteiger partial charge in [0.25, 0.3) is 0 Å². The van der Waals surface area contributed by atoms with Crippen molar-refractivity contribution < 1.29 is 0 Å². The molecule has 0 radical (unpaired) electrons. The third-order valence-corrected chi connectivity index (χ3v) is 1.72. The van der Waals surface area contributed by atoms with Gasteiger partial charge in [0, 0.05) is 6.20 Å². The summed E-state index contributed by atoms with van der Waals surface area (Å²) in [5, 5.41) is 8.53. The number of pyridine rings is 1. The molecule has 0 saturated heterocycles. The highest BCUT2D eigenvalue weighted by Crippen LogP contribution is 2.11. The van der Waals surface area contributed by atoms with Gasteiger partial charge in [-0.05, 0) is 18.6 Å². The molecule has 3 nitrogen and oxygen atoms in total. The van der Waals surface area contributed by atoms with Crippen molar-refractivity contribution in [2.45, 2.75) is 12.5 Å². The van der Waals surface area contributed by atoms with Gasteiger partial charge >= 0.3 is 0 Å². The molecule has 0 fully saturated rings. The summed E-state index contributed by atoms with van der Waals surface area (Å²) in [5.41, 5.74) is 7.12. The van der Waals surface area contributed by atoms with Crippen LogP contribution >= 0.6 is 0 Å². The lowest BCUT2D eigenvalue weighted by Crippen LogP contribution is -2.10. The Labute approximate surface area is 77.5 Å². The molecule has 1 aromatic rings. The molecule has 0 aliphatic heterocycles. The van der Waals surface area contributed by atoms with Crippen LogP contribution in [0.1, 0.15) is 23.7 Å². The van der Waals surface area contributed by atoms with Crippen molar-refractivity contribution in [1.82, 2.24) is 4.98 Å². The van der Waals surface area contributed by atoms with E-state index < -0.39 is 0 Å². The Morgan fingerprint density at radius 2 is 2.46 bits per heavy atom. The summed E-state index contributed by atoms with van der Waals surface area (Å²) in [6, 6.07) is 5.37. The molecule has 2 N–H and O–H groups in total. The fraction of sp³-hybridized carbons (Fsp3) is 0.200. The molecule has 1 rings (SSSR count). The van der Waals surface area contributed by atoms with E-state index in [4.69, 9.17) is 11.0 Å². The molecular formula is C10H11N3. The number of nitrogens with two attached hydrogens (primary N) is 1. The molecule has 0 spiro atoms. The summed E-state index contributed by atoms with van der Waals surface area (Å²) < 4.78 is 0. The van der Waals surface area contributed by atoms with E-state index >= 15 is 0 Å². The maximum atomic E-state index is 8.53. The molecule has 0 saturated carbocycles. The molecule has 0 aliphatic carbocycles. The van der Waals surface area contributed by atoms with Crippen molar-refractivity contribution in [3.8, 4) is 6.07 Å². The zero-order valence-corrected chi connectivity index (χ0v) is 7.27. The lowest BCUT2D eigenvalue weighted by Gasteiger charge is -2.07. The summed E-state index contributed by atoms with van der Waals surface area (Å²) in [5.74, 6) is 0. The van der Waals surface area contributed by atoms with Gasteiger partial charge < -0.3 is 5.73 Å². The van der Waals surface area contributed by atoms with Crippen LogP contribution in [0.3, 0.4) is 0 Å². The number of nitriles is 1. The van der Waals surface area contributed by atoms with Crippen molar-refractivity contribution in [1.29, 1.82) is 5.26 Å². The Morgan fingerprint density at radius 3 is 2.92 bits per heavy atom. The summed E-state index contributed by atoms with van der Waals surface area (Å²) in [7, 11) is 0. The van der Waals surface area contributed by atoms with Crippen LogP contribution in [0.15, 0.2) is 31.0 Å². The van der Waals surface area contributed by atoms with Gasteiger partial charge in [0.15, 0.2) is 0 Å². The van der Waals surface area contributed by atoms with Crippen molar-refractivity contribution in [3.05, 3.63) is 42.2 Å². The van der Waals surface area contributed by atoms with Crippen molar-refractivity contribution in [2.75, 3.05) is 0 Å². The molecule has 1 atom stereocenters. The van der Waals surface area contributed by atoms with Crippen LogP contribution in [0.4, 0.5) is 0 Å². The Balaban J connectivity index is 2.80. The molecule has 13 heavy (non-hydrogen) atoms. The maximum Gasteiger partial charge on any atom is 0.101 e. The van der Waals surface area contributed by atoms with Gasteiger partial charge in [-0.15, -0.1) is 6.58 Å². The predicted molar refractivity (Wildman–Crippen MR) is 50.7 cm³/mol. The molecule has 0 aliphatic rings. The third kappa shape index (κ3) is 2.39. The van der Waals surface area contributed by atoms with Crippen LogP contribution in [-0.4, -0.2) is 4.98 Å². The number of nitrogens with zero attached hydrogens (tertiary/aromatic N) is 2. The second-order valence-electron chi connectivity index (χ2n) is 2.71. The summed E-state index contributed by atoms with van der Waals surface area (Å²) in [6.45, 7) is 3.60. The largest absolute Gasteiger partial charge is 0.322 e. The molecule has 0 bridgehead atoms. The van der Waals surface area contributed by atoms with E-state index in [-0.39, 0.29) is 6.04 Å². The van der Waals surface area contributed by atoms with Crippen LogP contribution in [0.2, 0.25) is 0 Å². The van der Waals surface area contributed by atoms with Gasteiger partial charge in [-0.2, -0.15) is 5.26 Å². The summed E-state index contributed by atoms with van der Waals surface area (Å²) in [4.78, 5) is 4.07. The van der Waals surface area contributed by atoms with E-state index in [1.165, 1.54) is 6.20 Å². The van der Waals surface area contributed by atoms with E-state index in [1.807, 2.05) is 6.07 Å². The van der Waals surface area contributed by atoms with E-state index in [1.54, 1.807) is 18.2 Å². The molecule has 0 unspecified atom stereocenters. The Bertz CT molecular complexity index is 321. The third-order valence-electron chi connectivity index (χ3n) is 1.72. The highest BCUT2D eigenvalue weighted by molar-refractivity contribution is 5.27. The quantitative estimate of drug-likeness (QED) is 0.705. The van der Waals surface area contributed by atoms with Gasteiger partial charge in [0.05, 0.1) is 17.3 Å². The predicted octanol–water partition coefficient (Wildman–Crippen LogP) is 1.53. The SMILES string of the molecule is C=CC[C@@H](N)c1ccc(C#N)cn1. The van der Waals surface area contributed by atoms with Crippen LogP contribution in [-0.2, 0) is 0 Å². The van der Waals surface area contributed by atoms with Crippen LogP contribution in [0, 0.1) is 11.3 Å². The fourth-order valence-electron chi connectivity index (χ4n) is 0.991. The molecule has 66 valence electrons. The van der Waals surface area contributed by atoms with Gasteiger partial charge in [-0.3, -0.25) is 4.98 Å². The highest BCUT2D eigenvalue weighted by Gasteiger charge is 2.04. The van der Waals surface area contributed by atoms with E-state index in [2.05, 4.69) is 11.6 Å². The normalized spacial score (nSPS) is 11.7. The zero-order chi connectivity index (χ0) is 9.68. The minimum absolute atomic E-state index is 0.120. The first-order chi connectivity index (χ1) is 6.27. The van der Waals surface area contributed by atoms with Crippen LogP contribution in [0.5, 0.6) is 0 Å². The molecule has 0 amide bonds. The highest BCUT2D eigenvalue weighted by atomic mass is 14.8. The first-order valence-electron chi connectivity index (χ1n) is 4.00. The van der Waals surface area contributed by atoms with E-state index in [9.17, 15) is 0 Å². The minimum atomic E-state index is -0.120. The average molecular weight is 173 g/mol. The molecule has 1 heterocycles. The average Bonchev–Trinajstić information content (AvgIpc) is 2.18. The van der Waals surface area contributed by atoms with Crippen molar-refractivity contribution in [2.24, 2.45) is 5.73 Å². The van der Waals surface area contributed by atoms with Crippen molar-refractivity contribution in [3.63, 3.8) is 0 Å². The zero-order valence-electron chi connectivity index (χ0n) is 7.27. The standard InChI is InChI=1S/C10H11N3/c1-2-3-9(12)10-5-4-8(6-11)7-13-10/h2,4-5,7,9H,1,3,12H2/t9-/m1/s1. The number of hydrogen-bond acceptors (Lipinski definition) is 3. The lowest BCUT2D eigenvalue weighted by molar-refractivity contribution is 0.713. The van der Waals surface area contributed by atoms with Gasteiger partial charge in [-0.1, -0.05) is 6.08 Å². The topological polar surface area (TPSA) is 62.7 Å². The minimum Gasteiger partial charge on any atom is -0.322 e. The smallest absolute Gasteiger partial charge is 0.101 e. The summed E-state index contributed by atoms with van der Waals surface area (Å²) in [6.07, 6.45) is 3.97. The van der Waals surface area contributed by atoms with Gasteiger partial charge in [-0.25, -0.2) is 0 Å². The van der Waals surface area contributed by atoms with Gasteiger partial charge in [0.1, 0.15) is 6.07 Å². The lowest BCUT2D eigenvalue weighted by atomic mass is 10.1. The first-order valence-corrected chi connectivity index (χ1v) is 4.00. The van der Waals surface area contributed by atoms with E-state index in [0.717, 1.165) is 5.69 Å². The van der Waals surface area contributed by atoms with Gasteiger partial charge in [0.2, 0.25) is 0 Å². The number of rotatable bonds is 3. The fourth-order valence-corrected chi connectivity index (χ4v) is 0.991. The number of aromatic nitrogens is 1. The van der Waals surface area contributed by atoms with Crippen molar-refractivity contribution >= 4 is 0 Å². The Morgan fingerprint density at radius 1 is 1.69 bits per heavy atom. The maximum absolute atomic E-state index is 8.53. The monoisotopic (exact) mass is 173 g/mol. The Kier molecular flexibility index (Phi) is 3.18.